The molecule has 3 aromatic rings. The summed E-state index contributed by atoms with van der Waals surface area (Å²) in [7, 11) is 0. The first-order valence-electron chi connectivity index (χ1n) is 8.69. The van der Waals surface area contributed by atoms with E-state index in [1.807, 2.05) is 10.8 Å². The van der Waals surface area contributed by atoms with Gasteiger partial charge >= 0.3 is 0 Å². The van der Waals surface area contributed by atoms with Crippen LogP contribution in [0.25, 0.3) is 11.5 Å². The minimum Gasteiger partial charge on any atom is -0.324 e. The van der Waals surface area contributed by atoms with Crippen LogP contribution in [-0.4, -0.2) is 24.7 Å². The summed E-state index contributed by atoms with van der Waals surface area (Å²) < 4.78 is 15.4. The zero-order chi connectivity index (χ0) is 17.6. The highest BCUT2D eigenvalue weighted by Crippen LogP contribution is 2.18. The SMILES string of the molecule is CCCc1cc(CCC)c(Cn2ccnc2-c2cccc(F)n2)nn1. The van der Waals surface area contributed by atoms with Crippen molar-refractivity contribution < 1.29 is 4.39 Å². The second kappa shape index (κ2) is 7.96. The maximum atomic E-state index is 13.4. The lowest BCUT2D eigenvalue weighted by molar-refractivity contribution is 0.584. The Morgan fingerprint density at radius 1 is 1.08 bits per heavy atom. The first-order valence-corrected chi connectivity index (χ1v) is 8.69. The van der Waals surface area contributed by atoms with E-state index in [1.165, 1.54) is 11.6 Å². The summed E-state index contributed by atoms with van der Waals surface area (Å²) in [5.41, 5.74) is 3.69. The molecular formula is C19H22FN5. The molecule has 0 aliphatic carbocycles. The summed E-state index contributed by atoms with van der Waals surface area (Å²) in [5.74, 6) is 0.115. The molecule has 0 atom stereocenters. The number of nitrogens with zero attached hydrogens (tertiary/aromatic N) is 5. The van der Waals surface area contributed by atoms with E-state index < -0.39 is 5.95 Å². The molecule has 3 rings (SSSR count). The van der Waals surface area contributed by atoms with Gasteiger partial charge in [-0.2, -0.15) is 14.6 Å². The quantitative estimate of drug-likeness (QED) is 0.614. The number of imidazole rings is 1. The molecule has 25 heavy (non-hydrogen) atoms. The van der Waals surface area contributed by atoms with E-state index in [0.717, 1.165) is 37.1 Å². The van der Waals surface area contributed by atoms with Crippen LogP contribution < -0.4 is 0 Å². The molecule has 0 N–H and O–H groups in total. The summed E-state index contributed by atoms with van der Waals surface area (Å²) in [6, 6.07) is 6.88. The average molecular weight is 339 g/mol. The van der Waals surface area contributed by atoms with Crippen molar-refractivity contribution in [3.05, 3.63) is 59.6 Å². The number of hydrogen-bond donors (Lipinski definition) is 0. The van der Waals surface area contributed by atoms with Crippen molar-refractivity contribution in [1.29, 1.82) is 0 Å². The third-order valence-corrected chi connectivity index (χ3v) is 4.02. The predicted octanol–water partition coefficient (Wildman–Crippen LogP) is 3.83. The Morgan fingerprint density at radius 2 is 1.92 bits per heavy atom. The molecule has 0 saturated heterocycles. The second-order valence-electron chi connectivity index (χ2n) is 6.03. The summed E-state index contributed by atoms with van der Waals surface area (Å²) in [4.78, 5) is 8.26. The van der Waals surface area contributed by atoms with Crippen LogP contribution in [0.1, 0.15) is 43.6 Å². The monoisotopic (exact) mass is 339 g/mol. The van der Waals surface area contributed by atoms with Gasteiger partial charge in [-0.05, 0) is 36.6 Å². The molecule has 0 aliphatic rings. The van der Waals surface area contributed by atoms with Crippen molar-refractivity contribution in [2.75, 3.05) is 0 Å². The van der Waals surface area contributed by atoms with Gasteiger partial charge in [-0.3, -0.25) is 0 Å². The van der Waals surface area contributed by atoms with Gasteiger partial charge in [0, 0.05) is 12.4 Å². The Balaban J connectivity index is 1.92. The molecule has 5 nitrogen and oxygen atoms in total. The molecule has 0 unspecified atom stereocenters. The average Bonchev–Trinajstić information content (AvgIpc) is 3.06. The van der Waals surface area contributed by atoms with Gasteiger partial charge < -0.3 is 4.57 Å². The predicted molar refractivity (Wildman–Crippen MR) is 94.5 cm³/mol. The van der Waals surface area contributed by atoms with Crippen molar-refractivity contribution in [3.8, 4) is 11.5 Å². The van der Waals surface area contributed by atoms with Crippen LogP contribution in [0, 0.1) is 5.95 Å². The van der Waals surface area contributed by atoms with E-state index >= 15 is 0 Å². The standard InChI is InChI=1S/C19H22FN5/c1-3-6-14-12-15(7-4-2)23-24-17(14)13-25-11-10-21-19(25)16-8-5-9-18(20)22-16/h5,8-12H,3-4,6-7,13H2,1-2H3. The smallest absolute Gasteiger partial charge is 0.213 e. The largest absolute Gasteiger partial charge is 0.324 e. The van der Waals surface area contributed by atoms with Gasteiger partial charge in [-0.15, -0.1) is 0 Å². The fraction of sp³-hybridized carbons (Fsp3) is 0.368. The zero-order valence-corrected chi connectivity index (χ0v) is 14.6. The molecule has 0 aromatic carbocycles. The third-order valence-electron chi connectivity index (χ3n) is 4.02. The number of hydrogen-bond acceptors (Lipinski definition) is 4. The molecule has 0 aliphatic heterocycles. The summed E-state index contributed by atoms with van der Waals surface area (Å²) in [6.07, 6.45) is 7.56. The fourth-order valence-corrected chi connectivity index (χ4v) is 2.86. The fourth-order valence-electron chi connectivity index (χ4n) is 2.86. The van der Waals surface area contributed by atoms with Crippen molar-refractivity contribution in [3.63, 3.8) is 0 Å². The van der Waals surface area contributed by atoms with Crippen LogP contribution >= 0.6 is 0 Å². The molecule has 0 bridgehead atoms. The highest BCUT2D eigenvalue weighted by atomic mass is 19.1. The summed E-state index contributed by atoms with van der Waals surface area (Å²) in [5, 5.41) is 8.80. The van der Waals surface area contributed by atoms with E-state index in [4.69, 9.17) is 0 Å². The molecule has 0 spiro atoms. The minimum atomic E-state index is -0.512. The number of aryl methyl sites for hydroxylation is 2. The number of aromatic nitrogens is 5. The first kappa shape index (κ1) is 17.2. The van der Waals surface area contributed by atoms with Gasteiger partial charge in [-0.1, -0.05) is 32.8 Å². The Kier molecular flexibility index (Phi) is 5.48. The Labute approximate surface area is 147 Å². The van der Waals surface area contributed by atoms with Crippen LogP contribution in [0.4, 0.5) is 4.39 Å². The lowest BCUT2D eigenvalue weighted by Crippen LogP contribution is -2.10. The normalized spacial score (nSPS) is 11.0. The number of halogens is 1. The molecule has 0 fully saturated rings. The highest BCUT2D eigenvalue weighted by Gasteiger charge is 2.12. The van der Waals surface area contributed by atoms with Crippen LogP contribution in [0.2, 0.25) is 0 Å². The molecule has 130 valence electrons. The summed E-state index contributed by atoms with van der Waals surface area (Å²) in [6.45, 7) is 4.84. The van der Waals surface area contributed by atoms with E-state index in [-0.39, 0.29) is 0 Å². The van der Waals surface area contributed by atoms with E-state index in [9.17, 15) is 4.39 Å². The van der Waals surface area contributed by atoms with Crippen molar-refractivity contribution in [2.45, 2.75) is 46.1 Å². The van der Waals surface area contributed by atoms with Crippen LogP contribution in [0.15, 0.2) is 36.7 Å². The molecule has 0 amide bonds. The van der Waals surface area contributed by atoms with E-state index in [0.29, 0.717) is 18.1 Å². The first-order chi connectivity index (χ1) is 12.2. The van der Waals surface area contributed by atoms with Crippen molar-refractivity contribution in [2.24, 2.45) is 0 Å². The Hall–Kier alpha value is -2.63. The number of pyridine rings is 1. The molecule has 6 heteroatoms. The topological polar surface area (TPSA) is 56.5 Å². The second-order valence-corrected chi connectivity index (χ2v) is 6.03. The lowest BCUT2D eigenvalue weighted by atomic mass is 10.1. The van der Waals surface area contributed by atoms with Gasteiger partial charge in [0.15, 0.2) is 5.82 Å². The molecule has 3 aromatic heterocycles. The third kappa shape index (κ3) is 4.07. The van der Waals surface area contributed by atoms with Crippen LogP contribution in [-0.2, 0) is 19.4 Å². The number of rotatable bonds is 7. The van der Waals surface area contributed by atoms with Crippen molar-refractivity contribution >= 4 is 0 Å². The minimum absolute atomic E-state index is 0.512. The van der Waals surface area contributed by atoms with Gasteiger partial charge in [0.1, 0.15) is 5.69 Å². The zero-order valence-electron chi connectivity index (χ0n) is 14.6. The Bertz CT molecular complexity index is 843. The van der Waals surface area contributed by atoms with Gasteiger partial charge in [0.05, 0.1) is 17.9 Å². The maximum Gasteiger partial charge on any atom is 0.213 e. The van der Waals surface area contributed by atoms with Gasteiger partial charge in [0.25, 0.3) is 0 Å². The maximum absolute atomic E-state index is 13.4. The molecule has 3 heterocycles. The summed E-state index contributed by atoms with van der Waals surface area (Å²) >= 11 is 0. The van der Waals surface area contributed by atoms with Crippen molar-refractivity contribution in [1.82, 2.24) is 24.7 Å². The molecule has 0 saturated carbocycles. The Morgan fingerprint density at radius 3 is 2.68 bits per heavy atom. The lowest BCUT2D eigenvalue weighted by Gasteiger charge is -2.11. The molecule has 0 radical (unpaired) electrons. The van der Waals surface area contributed by atoms with Gasteiger partial charge in [0.2, 0.25) is 5.95 Å². The van der Waals surface area contributed by atoms with Crippen LogP contribution in [0.5, 0.6) is 0 Å². The van der Waals surface area contributed by atoms with E-state index in [2.05, 4.69) is 40.1 Å². The van der Waals surface area contributed by atoms with Gasteiger partial charge in [-0.25, -0.2) is 9.97 Å². The molecular weight excluding hydrogens is 317 g/mol. The van der Waals surface area contributed by atoms with Crippen LogP contribution in [0.3, 0.4) is 0 Å². The highest BCUT2D eigenvalue weighted by molar-refractivity contribution is 5.49. The van der Waals surface area contributed by atoms with E-state index in [1.54, 1.807) is 18.3 Å².